The van der Waals surface area contributed by atoms with Crippen molar-refractivity contribution in [2.24, 2.45) is 5.50 Å². The molecule has 5 heteroatoms. The molecule has 4 N–H and O–H groups in total. The molecule has 0 aliphatic carbocycles. The molecule has 10 heavy (non-hydrogen) atoms. The van der Waals surface area contributed by atoms with Crippen LogP contribution < -0.4 is 15.7 Å². The van der Waals surface area contributed by atoms with Crippen LogP contribution in [0, 0.1) is 0 Å². The van der Waals surface area contributed by atoms with E-state index in [-0.39, 0.29) is 6.04 Å². The maximum atomic E-state index is 11.2. The molecular weight excluding hydrogens is 149 g/mol. The van der Waals surface area contributed by atoms with Gasteiger partial charge in [0.25, 0.3) is 7.59 Å². The SMILES string of the molecule is CCNP(N)(=O)NC(C)C. The largest absolute Gasteiger partial charge is 0.276 e. The first-order valence-corrected chi connectivity index (χ1v) is 5.17. The van der Waals surface area contributed by atoms with E-state index in [1.54, 1.807) is 0 Å². The summed E-state index contributed by atoms with van der Waals surface area (Å²) in [4.78, 5) is 0. The highest BCUT2D eigenvalue weighted by molar-refractivity contribution is 7.57. The lowest BCUT2D eigenvalue weighted by atomic mass is 10.4. The lowest BCUT2D eigenvalue weighted by molar-refractivity contribution is 0.546. The first-order chi connectivity index (χ1) is 4.48. The highest BCUT2D eigenvalue weighted by atomic mass is 31.2. The Morgan fingerprint density at radius 2 is 2.10 bits per heavy atom. The van der Waals surface area contributed by atoms with Crippen molar-refractivity contribution >= 4 is 7.59 Å². The summed E-state index contributed by atoms with van der Waals surface area (Å²) in [6.45, 7) is 6.28. The van der Waals surface area contributed by atoms with E-state index in [2.05, 4.69) is 10.2 Å². The second-order valence-electron chi connectivity index (χ2n) is 2.45. The van der Waals surface area contributed by atoms with Crippen LogP contribution in [0.1, 0.15) is 20.8 Å². The summed E-state index contributed by atoms with van der Waals surface area (Å²) in [5.41, 5.74) is 5.36. The van der Waals surface area contributed by atoms with Gasteiger partial charge in [-0.1, -0.05) is 6.92 Å². The van der Waals surface area contributed by atoms with Gasteiger partial charge in [-0.15, -0.1) is 0 Å². The Balaban J connectivity index is 3.75. The number of nitrogens with one attached hydrogen (secondary N) is 2. The normalized spacial score (nSPS) is 17.3. The summed E-state index contributed by atoms with van der Waals surface area (Å²) in [5, 5.41) is 5.42. The molecule has 1 atom stereocenters. The molecule has 0 saturated carbocycles. The third kappa shape index (κ3) is 4.94. The fraction of sp³-hybridized carbons (Fsp3) is 1.00. The molecule has 0 bridgehead atoms. The van der Waals surface area contributed by atoms with Crippen molar-refractivity contribution in [2.75, 3.05) is 6.54 Å². The molecule has 0 fully saturated rings. The maximum Gasteiger partial charge on any atom is 0.276 e. The maximum absolute atomic E-state index is 11.2. The van der Waals surface area contributed by atoms with Crippen LogP contribution in [-0.2, 0) is 4.57 Å². The highest BCUT2D eigenvalue weighted by Gasteiger charge is 2.13. The van der Waals surface area contributed by atoms with E-state index < -0.39 is 7.59 Å². The lowest BCUT2D eigenvalue weighted by Gasteiger charge is -2.16. The molecule has 4 nitrogen and oxygen atoms in total. The summed E-state index contributed by atoms with van der Waals surface area (Å²) in [5.74, 6) is 0. The molecule has 0 radical (unpaired) electrons. The summed E-state index contributed by atoms with van der Waals surface area (Å²) in [6.07, 6.45) is 0. The molecule has 62 valence electrons. The van der Waals surface area contributed by atoms with E-state index in [1.165, 1.54) is 0 Å². The first kappa shape index (κ1) is 10.1. The molecular formula is C5H16N3OP. The van der Waals surface area contributed by atoms with Gasteiger partial charge in [-0.2, -0.15) is 0 Å². The topological polar surface area (TPSA) is 67.1 Å². The zero-order chi connectivity index (χ0) is 8.20. The fourth-order valence-electron chi connectivity index (χ4n) is 0.664. The van der Waals surface area contributed by atoms with Crippen molar-refractivity contribution in [3.05, 3.63) is 0 Å². The van der Waals surface area contributed by atoms with Gasteiger partial charge in [0.2, 0.25) is 0 Å². The minimum absolute atomic E-state index is 0.148. The summed E-state index contributed by atoms with van der Waals surface area (Å²) in [6, 6.07) is 0.148. The van der Waals surface area contributed by atoms with Crippen LogP contribution in [0.25, 0.3) is 0 Å². The predicted molar refractivity (Wildman–Crippen MR) is 43.7 cm³/mol. The fourth-order valence-corrected chi connectivity index (χ4v) is 1.99. The van der Waals surface area contributed by atoms with Crippen LogP contribution in [0.3, 0.4) is 0 Å². The van der Waals surface area contributed by atoms with Gasteiger partial charge in [-0.25, -0.2) is 10.2 Å². The van der Waals surface area contributed by atoms with Crippen LogP contribution in [0.5, 0.6) is 0 Å². The molecule has 0 rings (SSSR count). The minimum atomic E-state index is -2.75. The van der Waals surface area contributed by atoms with Crippen molar-refractivity contribution in [1.29, 1.82) is 0 Å². The molecule has 0 saturated heterocycles. The van der Waals surface area contributed by atoms with Crippen molar-refractivity contribution in [2.45, 2.75) is 26.8 Å². The summed E-state index contributed by atoms with van der Waals surface area (Å²) in [7, 11) is -2.75. The van der Waals surface area contributed by atoms with Gasteiger partial charge >= 0.3 is 0 Å². The molecule has 1 unspecified atom stereocenters. The highest BCUT2D eigenvalue weighted by Crippen LogP contribution is 2.24. The third-order valence-corrected chi connectivity index (χ3v) is 2.53. The lowest BCUT2D eigenvalue weighted by Crippen LogP contribution is -2.31. The smallest absolute Gasteiger partial charge is 0.271 e. The summed E-state index contributed by atoms with van der Waals surface area (Å²) >= 11 is 0. The molecule has 0 heterocycles. The van der Waals surface area contributed by atoms with Gasteiger partial charge in [-0.05, 0) is 13.8 Å². The third-order valence-electron chi connectivity index (χ3n) is 0.843. The van der Waals surface area contributed by atoms with Crippen molar-refractivity contribution in [3.63, 3.8) is 0 Å². The van der Waals surface area contributed by atoms with Gasteiger partial charge < -0.3 is 0 Å². The van der Waals surface area contributed by atoms with Crippen LogP contribution in [0.15, 0.2) is 0 Å². The second kappa shape index (κ2) is 4.09. The van der Waals surface area contributed by atoms with E-state index in [4.69, 9.17) is 5.50 Å². The van der Waals surface area contributed by atoms with E-state index >= 15 is 0 Å². The number of rotatable bonds is 4. The quantitative estimate of drug-likeness (QED) is 0.535. The molecule has 0 amide bonds. The monoisotopic (exact) mass is 165 g/mol. The van der Waals surface area contributed by atoms with Crippen LogP contribution in [0.4, 0.5) is 0 Å². The van der Waals surface area contributed by atoms with Crippen molar-refractivity contribution in [1.82, 2.24) is 10.2 Å². The average molecular weight is 165 g/mol. The Hall–Kier alpha value is 0.110. The molecule has 0 aliphatic rings. The van der Waals surface area contributed by atoms with Crippen LogP contribution in [-0.4, -0.2) is 12.6 Å². The number of nitrogens with two attached hydrogens (primary N) is 1. The Morgan fingerprint density at radius 3 is 2.40 bits per heavy atom. The predicted octanol–water partition coefficient (Wildman–Crippen LogP) is 0.661. The number of hydrogen-bond donors (Lipinski definition) is 3. The molecule has 0 aromatic rings. The van der Waals surface area contributed by atoms with Crippen molar-refractivity contribution in [3.8, 4) is 0 Å². The van der Waals surface area contributed by atoms with Crippen LogP contribution >= 0.6 is 7.59 Å². The average Bonchev–Trinajstić information content (AvgIpc) is 1.59. The van der Waals surface area contributed by atoms with Gasteiger partial charge in [-0.3, -0.25) is 10.1 Å². The zero-order valence-electron chi connectivity index (χ0n) is 6.72. The molecule has 0 spiro atoms. The van der Waals surface area contributed by atoms with Crippen molar-refractivity contribution < 1.29 is 4.57 Å². The second-order valence-corrected chi connectivity index (χ2v) is 4.34. The van der Waals surface area contributed by atoms with E-state index in [1.807, 2.05) is 20.8 Å². The Morgan fingerprint density at radius 1 is 1.60 bits per heavy atom. The van der Waals surface area contributed by atoms with E-state index in [0.29, 0.717) is 6.54 Å². The molecule has 0 aliphatic heterocycles. The Labute approximate surface area is 62.1 Å². The Kier molecular flexibility index (Phi) is 4.13. The van der Waals surface area contributed by atoms with Crippen LogP contribution in [0.2, 0.25) is 0 Å². The molecule has 0 aromatic carbocycles. The standard InChI is InChI=1S/C5H16N3OP/c1-4-7-10(6,9)8-5(2)3/h5H,4H2,1-3H3,(H4,6,7,8,9). The van der Waals surface area contributed by atoms with E-state index in [0.717, 1.165) is 0 Å². The van der Waals surface area contributed by atoms with Gasteiger partial charge in [0, 0.05) is 12.6 Å². The zero-order valence-corrected chi connectivity index (χ0v) is 7.61. The van der Waals surface area contributed by atoms with Gasteiger partial charge in [0.05, 0.1) is 0 Å². The number of hydrogen-bond acceptors (Lipinski definition) is 1. The summed E-state index contributed by atoms with van der Waals surface area (Å²) < 4.78 is 11.2. The van der Waals surface area contributed by atoms with E-state index in [9.17, 15) is 4.57 Å². The van der Waals surface area contributed by atoms with Gasteiger partial charge in [0.1, 0.15) is 0 Å². The Bertz CT molecular complexity index is 137. The minimum Gasteiger partial charge on any atom is -0.271 e. The van der Waals surface area contributed by atoms with Gasteiger partial charge in [0.15, 0.2) is 0 Å². The first-order valence-electron chi connectivity index (χ1n) is 3.39. The molecule has 0 aromatic heterocycles.